The Labute approximate surface area is 163 Å². The summed E-state index contributed by atoms with van der Waals surface area (Å²) in [6.45, 7) is 0.511. The van der Waals surface area contributed by atoms with Crippen LogP contribution in [0.15, 0.2) is 48.5 Å². The molecule has 4 atom stereocenters. The van der Waals surface area contributed by atoms with E-state index in [-0.39, 0.29) is 36.3 Å². The number of hydrogen-bond donors (Lipinski definition) is 4. The normalized spacial score (nSPS) is 26.5. The third-order valence-electron chi connectivity index (χ3n) is 5.70. The van der Waals surface area contributed by atoms with Gasteiger partial charge in [-0.05, 0) is 30.2 Å². The largest absolute Gasteiger partial charge is 0.508 e. The van der Waals surface area contributed by atoms with Crippen LogP contribution in [0.1, 0.15) is 29.6 Å². The molecule has 0 saturated carbocycles. The van der Waals surface area contributed by atoms with Gasteiger partial charge in [0.1, 0.15) is 17.5 Å². The molecule has 2 aliphatic heterocycles. The van der Waals surface area contributed by atoms with Gasteiger partial charge in [0.15, 0.2) is 0 Å². The number of benzene rings is 2. The Kier molecular flexibility index (Phi) is 5.21. The predicted octanol–water partition coefficient (Wildman–Crippen LogP) is 1.50. The molecule has 28 heavy (non-hydrogen) atoms. The fourth-order valence-corrected chi connectivity index (χ4v) is 4.41. The number of aliphatic hydroxyl groups is 1. The summed E-state index contributed by atoms with van der Waals surface area (Å²) in [5.41, 5.74) is 8.11. The molecule has 2 fully saturated rings. The Morgan fingerprint density at radius 1 is 1.07 bits per heavy atom. The zero-order valence-electron chi connectivity index (χ0n) is 15.7. The summed E-state index contributed by atoms with van der Waals surface area (Å²) >= 11 is 0. The van der Waals surface area contributed by atoms with E-state index in [0.29, 0.717) is 13.0 Å². The number of methoxy groups -OCH3 is 1. The number of phenolic OH excluding ortho intramolecular Hbond substituents is 1. The molecule has 0 bridgehead atoms. The van der Waals surface area contributed by atoms with Gasteiger partial charge in [-0.2, -0.15) is 0 Å². The lowest BCUT2D eigenvalue weighted by Crippen LogP contribution is -2.41. The van der Waals surface area contributed by atoms with Crippen molar-refractivity contribution in [3.63, 3.8) is 0 Å². The number of nitrogens with zero attached hydrogens (tertiary/aromatic N) is 1. The maximum absolute atomic E-state index is 13.1. The van der Waals surface area contributed by atoms with Crippen molar-refractivity contribution in [1.82, 2.24) is 15.8 Å². The number of likely N-dealkylation sites (tertiary alicyclic amines) is 1. The number of amides is 1. The van der Waals surface area contributed by atoms with E-state index in [9.17, 15) is 15.0 Å². The van der Waals surface area contributed by atoms with Gasteiger partial charge in [0.05, 0.1) is 19.2 Å². The van der Waals surface area contributed by atoms with E-state index in [1.165, 1.54) is 0 Å². The van der Waals surface area contributed by atoms with Crippen molar-refractivity contribution in [3.8, 4) is 11.5 Å². The van der Waals surface area contributed by atoms with Crippen LogP contribution in [0.2, 0.25) is 0 Å². The van der Waals surface area contributed by atoms with Gasteiger partial charge in [0.2, 0.25) is 5.91 Å². The molecule has 2 aromatic rings. The molecule has 4 rings (SSSR count). The highest BCUT2D eigenvalue weighted by Gasteiger charge is 2.55. The van der Waals surface area contributed by atoms with Crippen molar-refractivity contribution in [2.24, 2.45) is 5.92 Å². The summed E-state index contributed by atoms with van der Waals surface area (Å²) in [6.07, 6.45) is 0.520. The van der Waals surface area contributed by atoms with Crippen LogP contribution in [0.4, 0.5) is 0 Å². The lowest BCUT2D eigenvalue weighted by Gasteiger charge is -2.31. The maximum atomic E-state index is 13.1. The zero-order valence-corrected chi connectivity index (χ0v) is 15.7. The number of ether oxygens (including phenoxy) is 1. The van der Waals surface area contributed by atoms with Crippen molar-refractivity contribution in [3.05, 3.63) is 59.7 Å². The van der Waals surface area contributed by atoms with Gasteiger partial charge < -0.3 is 19.8 Å². The number of nitrogens with one attached hydrogen (secondary N) is 2. The molecule has 148 valence electrons. The van der Waals surface area contributed by atoms with Gasteiger partial charge in [0, 0.05) is 24.6 Å². The molecule has 2 aliphatic rings. The highest BCUT2D eigenvalue weighted by atomic mass is 16.5. The Bertz CT molecular complexity index is 842. The Morgan fingerprint density at radius 3 is 2.46 bits per heavy atom. The fraction of sp³-hybridized carbons (Fsp3) is 0.381. The van der Waals surface area contributed by atoms with E-state index in [2.05, 4.69) is 10.9 Å². The third-order valence-corrected chi connectivity index (χ3v) is 5.70. The van der Waals surface area contributed by atoms with Gasteiger partial charge in [-0.3, -0.25) is 4.79 Å². The van der Waals surface area contributed by atoms with E-state index in [4.69, 9.17) is 4.74 Å². The van der Waals surface area contributed by atoms with Crippen molar-refractivity contribution in [2.45, 2.75) is 24.5 Å². The molecule has 2 aromatic carbocycles. The Balaban J connectivity index is 1.74. The van der Waals surface area contributed by atoms with E-state index in [1.807, 2.05) is 41.3 Å². The first-order valence-electron chi connectivity index (χ1n) is 9.50. The van der Waals surface area contributed by atoms with Gasteiger partial charge in [-0.1, -0.05) is 30.3 Å². The standard InChI is InChI=1S/C21H25N3O4/c1-28-14-9-7-13(8-10-14)20-17-18(15-5-2-3-6-16(15)26)22-23-19(17)21(27)24(20)11-4-12-25/h2-3,5-10,17-20,22-23,25-26H,4,11-12H2,1H3. The number of carbonyl (C=O) groups excluding carboxylic acids is 1. The monoisotopic (exact) mass is 383 g/mol. The van der Waals surface area contributed by atoms with Crippen LogP contribution in [0.5, 0.6) is 11.5 Å². The van der Waals surface area contributed by atoms with Crippen LogP contribution in [0, 0.1) is 5.92 Å². The van der Waals surface area contributed by atoms with E-state index in [1.54, 1.807) is 19.2 Å². The molecule has 0 radical (unpaired) electrons. The van der Waals surface area contributed by atoms with Crippen molar-refractivity contribution < 1.29 is 19.7 Å². The quantitative estimate of drug-likeness (QED) is 0.604. The SMILES string of the molecule is COc1ccc(C2C3C(NNC3c3ccccc3O)C(=O)N2CCCO)cc1. The molecule has 0 spiro atoms. The van der Waals surface area contributed by atoms with Crippen molar-refractivity contribution >= 4 is 5.91 Å². The molecular weight excluding hydrogens is 358 g/mol. The minimum atomic E-state index is -0.393. The number of aromatic hydroxyl groups is 1. The smallest absolute Gasteiger partial charge is 0.242 e. The number of carbonyl (C=O) groups is 1. The van der Waals surface area contributed by atoms with E-state index >= 15 is 0 Å². The lowest BCUT2D eigenvalue weighted by molar-refractivity contribution is -0.130. The van der Waals surface area contributed by atoms with Crippen LogP contribution in [-0.2, 0) is 4.79 Å². The highest BCUT2D eigenvalue weighted by Crippen LogP contribution is 2.48. The number of rotatable bonds is 6. The molecular formula is C21H25N3O4. The zero-order chi connectivity index (χ0) is 19.7. The third kappa shape index (κ3) is 3.11. The fourth-order valence-electron chi connectivity index (χ4n) is 4.41. The number of hydrogen-bond acceptors (Lipinski definition) is 6. The second kappa shape index (κ2) is 7.79. The Hall–Kier alpha value is -2.61. The molecule has 0 aromatic heterocycles. The highest BCUT2D eigenvalue weighted by molar-refractivity contribution is 5.86. The van der Waals surface area contributed by atoms with Crippen LogP contribution in [-0.4, -0.2) is 47.3 Å². The number of fused-ring (bicyclic) bond motifs is 1. The van der Waals surface area contributed by atoms with Crippen molar-refractivity contribution in [2.75, 3.05) is 20.3 Å². The predicted molar refractivity (Wildman–Crippen MR) is 104 cm³/mol. The molecule has 1 amide bonds. The molecule has 7 heteroatoms. The van der Waals surface area contributed by atoms with Crippen LogP contribution in [0.25, 0.3) is 0 Å². The van der Waals surface area contributed by atoms with Gasteiger partial charge in [-0.25, -0.2) is 10.9 Å². The molecule has 0 aliphatic carbocycles. The first kappa shape index (κ1) is 18.7. The second-order valence-electron chi connectivity index (χ2n) is 7.21. The summed E-state index contributed by atoms with van der Waals surface area (Å²) in [7, 11) is 1.62. The minimum absolute atomic E-state index is 0.00434. The molecule has 4 unspecified atom stereocenters. The summed E-state index contributed by atoms with van der Waals surface area (Å²) in [5, 5.41) is 19.7. The van der Waals surface area contributed by atoms with E-state index < -0.39 is 6.04 Å². The molecule has 4 N–H and O–H groups in total. The van der Waals surface area contributed by atoms with E-state index in [0.717, 1.165) is 16.9 Å². The first-order chi connectivity index (χ1) is 13.7. The topological polar surface area (TPSA) is 94.1 Å². The molecule has 2 heterocycles. The van der Waals surface area contributed by atoms with Gasteiger partial charge in [0.25, 0.3) is 0 Å². The van der Waals surface area contributed by atoms with Crippen LogP contribution < -0.4 is 15.6 Å². The lowest BCUT2D eigenvalue weighted by atomic mass is 9.83. The Morgan fingerprint density at radius 2 is 1.79 bits per heavy atom. The average molecular weight is 383 g/mol. The van der Waals surface area contributed by atoms with Gasteiger partial charge >= 0.3 is 0 Å². The maximum Gasteiger partial charge on any atom is 0.242 e. The van der Waals surface area contributed by atoms with Crippen LogP contribution >= 0.6 is 0 Å². The summed E-state index contributed by atoms with van der Waals surface area (Å²) in [5.74, 6) is 0.862. The number of phenols is 1. The van der Waals surface area contributed by atoms with Gasteiger partial charge in [-0.15, -0.1) is 0 Å². The summed E-state index contributed by atoms with van der Waals surface area (Å²) in [4.78, 5) is 15.0. The average Bonchev–Trinajstić information content (AvgIpc) is 3.26. The first-order valence-corrected chi connectivity index (χ1v) is 9.50. The minimum Gasteiger partial charge on any atom is -0.508 e. The number of para-hydroxylation sites is 1. The van der Waals surface area contributed by atoms with Crippen LogP contribution in [0.3, 0.4) is 0 Å². The van der Waals surface area contributed by atoms with Crippen molar-refractivity contribution in [1.29, 1.82) is 0 Å². The summed E-state index contributed by atoms with van der Waals surface area (Å²) in [6, 6.07) is 14.1. The molecule has 2 saturated heterocycles. The number of hydrazine groups is 1. The number of aliphatic hydroxyl groups excluding tert-OH is 1. The molecule has 7 nitrogen and oxygen atoms in total. The summed E-state index contributed by atoms with van der Waals surface area (Å²) < 4.78 is 5.27. The second-order valence-corrected chi connectivity index (χ2v) is 7.21.